The van der Waals surface area contributed by atoms with Gasteiger partial charge in [-0.2, -0.15) is 0 Å². The minimum atomic E-state index is 1.04. The second-order valence-electron chi connectivity index (χ2n) is 9.15. The average Bonchev–Trinajstić information content (AvgIpc) is 2.89. The van der Waals surface area contributed by atoms with Gasteiger partial charge in [-0.15, -0.1) is 0 Å². The van der Waals surface area contributed by atoms with Crippen LogP contribution < -0.4 is 15.3 Å². The lowest BCUT2D eigenvalue weighted by atomic mass is 9.81. The van der Waals surface area contributed by atoms with E-state index in [9.17, 15) is 0 Å². The summed E-state index contributed by atoms with van der Waals surface area (Å²) in [5.41, 5.74) is 7.01. The Bertz CT molecular complexity index is 1610. The van der Waals surface area contributed by atoms with Gasteiger partial charge in [0.05, 0.1) is 0 Å². The van der Waals surface area contributed by atoms with Crippen molar-refractivity contribution in [2.24, 2.45) is 0 Å². The Labute approximate surface area is 193 Å². The third-order valence-corrected chi connectivity index (χ3v) is 7.40. The van der Waals surface area contributed by atoms with Crippen molar-refractivity contribution in [3.05, 3.63) is 119 Å². The molecule has 5 aromatic rings. The molecule has 33 heavy (non-hydrogen) atoms. The summed E-state index contributed by atoms with van der Waals surface area (Å²) in [7, 11) is 0. The summed E-state index contributed by atoms with van der Waals surface area (Å²) >= 11 is 0. The molecular weight excluding hydrogens is 398 g/mol. The molecule has 1 heteroatoms. The van der Waals surface area contributed by atoms with Crippen LogP contribution in [0.1, 0.15) is 24.0 Å². The van der Waals surface area contributed by atoms with E-state index in [1.54, 1.807) is 11.1 Å². The Morgan fingerprint density at radius 2 is 1.15 bits per heavy atom. The minimum Gasteiger partial charge on any atom is -0.314 e. The van der Waals surface area contributed by atoms with Crippen molar-refractivity contribution in [2.75, 3.05) is 4.90 Å². The second kappa shape index (κ2) is 7.35. The summed E-state index contributed by atoms with van der Waals surface area (Å²) in [6, 6.07) is 35.4. The summed E-state index contributed by atoms with van der Waals surface area (Å²) in [5.74, 6) is 0. The number of fused-ring (bicyclic) bond motifs is 2. The van der Waals surface area contributed by atoms with E-state index in [2.05, 4.69) is 108 Å². The smallest absolute Gasteiger partial charge is 0.0458 e. The topological polar surface area (TPSA) is 3.24 Å². The predicted octanol–water partition coefficient (Wildman–Crippen LogP) is 6.61. The molecule has 0 heterocycles. The monoisotopic (exact) mass is 423 g/mol. The zero-order chi connectivity index (χ0) is 21.8. The molecule has 0 radical (unpaired) electrons. The molecule has 0 bridgehead atoms. The van der Waals surface area contributed by atoms with E-state index in [0.717, 1.165) is 25.7 Å². The van der Waals surface area contributed by atoms with Crippen molar-refractivity contribution in [1.29, 1.82) is 0 Å². The molecule has 0 atom stereocenters. The molecular formula is C32H25N. The van der Waals surface area contributed by atoms with E-state index in [4.69, 9.17) is 0 Å². The fraction of sp³-hybridized carbons (Fsp3) is 0.125. The third-order valence-electron chi connectivity index (χ3n) is 7.40. The van der Waals surface area contributed by atoms with Crippen LogP contribution in [-0.2, 0) is 12.8 Å². The fourth-order valence-corrected chi connectivity index (χ4v) is 6.09. The van der Waals surface area contributed by atoms with Crippen LogP contribution in [0.4, 0.5) is 11.4 Å². The first-order chi connectivity index (χ1) is 16.4. The predicted molar refractivity (Wildman–Crippen MR) is 140 cm³/mol. The zero-order valence-corrected chi connectivity index (χ0v) is 18.6. The standard InChI is InChI=1S/C32H25N/c1-3-12-23(13-4-1)33(24-14-5-2-6-15-24)30-21-20-28-26-17-8-11-22-10-7-16-25(31(22)26)27-18-9-19-29(30)32(27)28/h1-7,9-16,18-19H,8,17,20-21H2. The van der Waals surface area contributed by atoms with Gasteiger partial charge in [0.1, 0.15) is 0 Å². The number of rotatable bonds is 3. The van der Waals surface area contributed by atoms with Crippen LogP contribution in [0.5, 0.6) is 0 Å². The first-order valence-corrected chi connectivity index (χ1v) is 12.0. The Kier molecular flexibility index (Phi) is 4.17. The van der Waals surface area contributed by atoms with Crippen LogP contribution in [0.15, 0.2) is 97.1 Å². The molecule has 2 aliphatic rings. The quantitative estimate of drug-likeness (QED) is 0.295. The molecule has 0 fully saturated rings. The van der Waals surface area contributed by atoms with Crippen LogP contribution in [0, 0.1) is 0 Å². The Morgan fingerprint density at radius 3 is 1.88 bits per heavy atom. The maximum atomic E-state index is 2.47. The van der Waals surface area contributed by atoms with Crippen LogP contribution in [-0.4, -0.2) is 0 Å². The zero-order valence-electron chi connectivity index (χ0n) is 18.6. The van der Waals surface area contributed by atoms with Gasteiger partial charge in [0.2, 0.25) is 0 Å². The van der Waals surface area contributed by atoms with Crippen LogP contribution in [0.2, 0.25) is 0 Å². The van der Waals surface area contributed by atoms with Crippen molar-refractivity contribution in [3.8, 4) is 0 Å². The highest BCUT2D eigenvalue weighted by molar-refractivity contribution is 6.12. The van der Waals surface area contributed by atoms with Gasteiger partial charge in [0.15, 0.2) is 0 Å². The molecule has 0 aliphatic heterocycles. The molecule has 0 aromatic heterocycles. The number of para-hydroxylation sites is 2. The Hall–Kier alpha value is -3.84. The van der Waals surface area contributed by atoms with E-state index >= 15 is 0 Å². The second-order valence-corrected chi connectivity index (χ2v) is 9.15. The number of benzene rings is 5. The largest absolute Gasteiger partial charge is 0.314 e. The minimum absolute atomic E-state index is 1.04. The molecule has 2 aliphatic carbocycles. The van der Waals surface area contributed by atoms with Gasteiger partial charge in [0.25, 0.3) is 0 Å². The van der Waals surface area contributed by atoms with Crippen LogP contribution in [0.25, 0.3) is 33.3 Å². The third kappa shape index (κ3) is 2.79. The number of anilines is 2. The molecule has 0 saturated heterocycles. The highest BCUT2D eigenvalue weighted by Gasteiger charge is 2.24. The molecule has 1 nitrogen and oxygen atoms in total. The van der Waals surface area contributed by atoms with Gasteiger partial charge in [-0.1, -0.05) is 78.9 Å². The first kappa shape index (κ1) is 18.7. The van der Waals surface area contributed by atoms with Crippen LogP contribution >= 0.6 is 0 Å². The maximum absolute atomic E-state index is 2.47. The van der Waals surface area contributed by atoms with Crippen molar-refractivity contribution in [3.63, 3.8) is 0 Å². The van der Waals surface area contributed by atoms with Crippen molar-refractivity contribution in [2.45, 2.75) is 25.7 Å². The molecule has 0 spiro atoms. The maximum Gasteiger partial charge on any atom is 0.0458 e. The highest BCUT2D eigenvalue weighted by atomic mass is 15.1. The van der Waals surface area contributed by atoms with Gasteiger partial charge in [-0.25, -0.2) is 0 Å². The first-order valence-electron chi connectivity index (χ1n) is 12.0. The summed E-state index contributed by atoms with van der Waals surface area (Å²) in [5, 5.41) is 8.58. The lowest BCUT2D eigenvalue weighted by Gasteiger charge is -2.32. The van der Waals surface area contributed by atoms with E-state index in [0.29, 0.717) is 0 Å². The average molecular weight is 424 g/mol. The van der Waals surface area contributed by atoms with Gasteiger partial charge in [0, 0.05) is 22.3 Å². The van der Waals surface area contributed by atoms with E-state index in [1.807, 2.05) is 0 Å². The van der Waals surface area contributed by atoms with E-state index in [-0.39, 0.29) is 0 Å². The lowest BCUT2D eigenvalue weighted by Crippen LogP contribution is -2.28. The number of hydrogen-bond donors (Lipinski definition) is 0. The summed E-state index contributed by atoms with van der Waals surface area (Å²) < 4.78 is 0. The summed E-state index contributed by atoms with van der Waals surface area (Å²) in [4.78, 5) is 2.47. The van der Waals surface area contributed by atoms with Gasteiger partial charge >= 0.3 is 0 Å². The number of hydrogen-bond acceptors (Lipinski definition) is 1. The summed E-state index contributed by atoms with van der Waals surface area (Å²) in [6.07, 6.45) is 6.86. The van der Waals surface area contributed by atoms with Crippen LogP contribution in [0.3, 0.4) is 0 Å². The molecule has 0 amide bonds. The number of nitrogens with zero attached hydrogens (tertiary/aromatic N) is 1. The van der Waals surface area contributed by atoms with Crippen molar-refractivity contribution in [1.82, 2.24) is 0 Å². The van der Waals surface area contributed by atoms with E-state index in [1.165, 1.54) is 49.1 Å². The fourth-order valence-electron chi connectivity index (χ4n) is 6.09. The van der Waals surface area contributed by atoms with Crippen molar-refractivity contribution < 1.29 is 0 Å². The van der Waals surface area contributed by atoms with Gasteiger partial charge in [-0.05, 0) is 87.8 Å². The Morgan fingerprint density at radius 1 is 0.515 bits per heavy atom. The molecule has 0 N–H and O–H groups in total. The molecule has 158 valence electrons. The normalized spacial score (nSPS) is 14.4. The molecule has 5 aromatic carbocycles. The molecule has 0 unspecified atom stereocenters. The van der Waals surface area contributed by atoms with E-state index < -0.39 is 0 Å². The highest BCUT2D eigenvalue weighted by Crippen LogP contribution is 2.38. The SMILES string of the molecule is C1=c2cccc3c2c(c2c4c(cccc43)=C(N(c3ccccc3)c3ccccc3)CC2)CC1. The van der Waals surface area contributed by atoms with Gasteiger partial charge in [-0.3, -0.25) is 0 Å². The van der Waals surface area contributed by atoms with Gasteiger partial charge < -0.3 is 4.90 Å². The Balaban J connectivity index is 1.63. The van der Waals surface area contributed by atoms with Crippen molar-refractivity contribution >= 4 is 44.7 Å². The summed E-state index contributed by atoms with van der Waals surface area (Å²) in [6.45, 7) is 0. The number of aryl methyl sites for hydroxylation is 2. The lowest BCUT2D eigenvalue weighted by molar-refractivity contribution is 0.930. The molecule has 0 saturated carbocycles. The molecule has 7 rings (SSSR count).